The average molecular weight is 492 g/mol. The predicted octanol–water partition coefficient (Wildman–Crippen LogP) is 5.73. The maximum Gasteiger partial charge on any atom is 0.265 e. The number of piperidine rings is 1. The minimum atomic E-state index is -0.533. The molecule has 0 spiro atoms. The summed E-state index contributed by atoms with van der Waals surface area (Å²) in [5.41, 5.74) is 5.24. The minimum Gasteiger partial charge on any atom is -0.479 e. The van der Waals surface area contributed by atoms with Crippen LogP contribution in [0.5, 0.6) is 5.75 Å². The third-order valence-electron chi connectivity index (χ3n) is 6.46. The van der Waals surface area contributed by atoms with E-state index in [1.165, 1.54) is 19.3 Å². The van der Waals surface area contributed by atoms with Crippen molar-refractivity contribution >= 4 is 35.6 Å². The Morgan fingerprint density at radius 2 is 1.80 bits per heavy atom. The maximum absolute atomic E-state index is 13.1. The van der Waals surface area contributed by atoms with Crippen LogP contribution in [0.1, 0.15) is 42.1 Å². The van der Waals surface area contributed by atoms with Gasteiger partial charge in [0.05, 0.1) is 5.69 Å². The molecule has 3 aromatic rings. The summed E-state index contributed by atoms with van der Waals surface area (Å²) in [5, 5.41) is 5.79. The first kappa shape index (κ1) is 24.8. The highest BCUT2D eigenvalue weighted by Crippen LogP contribution is 2.33. The van der Waals surface area contributed by atoms with E-state index in [0.717, 1.165) is 36.3 Å². The number of hydrogen-bond acceptors (Lipinski definition) is 4. The third kappa shape index (κ3) is 5.66. The van der Waals surface area contributed by atoms with Crippen LogP contribution in [0.4, 0.5) is 11.4 Å². The van der Waals surface area contributed by atoms with Crippen molar-refractivity contribution < 1.29 is 14.3 Å². The third-order valence-corrected chi connectivity index (χ3v) is 6.46. The topological polar surface area (TPSA) is 70.7 Å². The molecule has 1 fully saturated rings. The quantitative estimate of drug-likeness (QED) is 0.478. The smallest absolute Gasteiger partial charge is 0.265 e. The molecule has 6 nitrogen and oxygen atoms in total. The van der Waals surface area contributed by atoms with Crippen LogP contribution in [0.25, 0.3) is 11.1 Å². The first-order valence-corrected chi connectivity index (χ1v) is 11.9. The van der Waals surface area contributed by atoms with E-state index < -0.39 is 6.10 Å². The van der Waals surface area contributed by atoms with Crippen LogP contribution in [0.15, 0.2) is 66.7 Å². The number of fused-ring (bicyclic) bond motifs is 1. The number of carbonyl (C=O) groups is 2. The van der Waals surface area contributed by atoms with Crippen LogP contribution in [0.3, 0.4) is 0 Å². The van der Waals surface area contributed by atoms with Gasteiger partial charge in [-0.3, -0.25) is 14.5 Å². The number of nitrogens with zero attached hydrogens (tertiary/aromatic N) is 1. The molecular weight excluding hydrogens is 462 g/mol. The van der Waals surface area contributed by atoms with Crippen LogP contribution in [0, 0.1) is 0 Å². The van der Waals surface area contributed by atoms with Gasteiger partial charge in [-0.2, -0.15) is 0 Å². The van der Waals surface area contributed by atoms with Gasteiger partial charge in [-0.1, -0.05) is 42.8 Å². The molecule has 2 aliphatic heterocycles. The molecule has 182 valence electrons. The summed E-state index contributed by atoms with van der Waals surface area (Å²) in [6.07, 6.45) is 3.20. The second-order valence-corrected chi connectivity index (χ2v) is 8.99. The van der Waals surface area contributed by atoms with Gasteiger partial charge in [-0.15, -0.1) is 12.4 Å². The highest BCUT2D eigenvalue weighted by atomic mass is 35.5. The molecule has 0 aromatic heterocycles. The molecule has 2 N–H and O–H groups in total. The van der Waals surface area contributed by atoms with E-state index in [1.807, 2.05) is 36.4 Å². The van der Waals surface area contributed by atoms with Gasteiger partial charge in [-0.25, -0.2) is 0 Å². The molecule has 0 saturated carbocycles. The van der Waals surface area contributed by atoms with Crippen molar-refractivity contribution in [3.8, 4) is 16.9 Å². The maximum atomic E-state index is 13.1. The van der Waals surface area contributed by atoms with Crippen molar-refractivity contribution in [3.05, 3.63) is 77.9 Å². The molecule has 2 aliphatic rings. The zero-order valence-corrected chi connectivity index (χ0v) is 20.6. The number of hydrogen-bond donors (Lipinski definition) is 2. The zero-order valence-electron chi connectivity index (χ0n) is 19.8. The summed E-state index contributed by atoms with van der Waals surface area (Å²) >= 11 is 0. The van der Waals surface area contributed by atoms with Crippen molar-refractivity contribution in [1.29, 1.82) is 0 Å². The number of anilines is 2. The second kappa shape index (κ2) is 10.9. The predicted molar refractivity (Wildman–Crippen MR) is 141 cm³/mol. The Bertz CT molecular complexity index is 1210. The number of amides is 2. The van der Waals surface area contributed by atoms with E-state index in [1.54, 1.807) is 25.1 Å². The van der Waals surface area contributed by atoms with Gasteiger partial charge < -0.3 is 15.4 Å². The Balaban J connectivity index is 0.00000289. The van der Waals surface area contributed by atoms with E-state index in [9.17, 15) is 9.59 Å². The fourth-order valence-corrected chi connectivity index (χ4v) is 4.61. The Hall–Kier alpha value is -3.35. The number of ether oxygens (including phenoxy) is 1. The summed E-state index contributed by atoms with van der Waals surface area (Å²) < 4.78 is 5.60. The molecule has 1 atom stereocenters. The number of likely N-dealkylation sites (tertiary alicyclic amines) is 1. The van der Waals surface area contributed by atoms with E-state index >= 15 is 0 Å². The van der Waals surface area contributed by atoms with Gasteiger partial charge in [-0.05, 0) is 79.9 Å². The standard InChI is InChI=1S/C28H29N3O3.ClH/c1-19-27(32)30-25-17-23(11-13-26(25)34-19)29-28(33)21-10-12-24(20-8-4-2-5-9-20)22(16-21)18-31-14-6-3-7-15-31;/h2,4-5,8-13,16-17,19H,3,6-7,14-15,18H2,1H3,(H,29,33)(H,30,32);1H/t19-;/m0./s1. The number of carbonyl (C=O) groups excluding carboxylic acids is 2. The summed E-state index contributed by atoms with van der Waals surface area (Å²) in [6.45, 7) is 4.71. The van der Waals surface area contributed by atoms with Gasteiger partial charge in [0.2, 0.25) is 0 Å². The lowest BCUT2D eigenvalue weighted by atomic mass is 9.96. The Labute approximate surface area is 212 Å². The molecule has 35 heavy (non-hydrogen) atoms. The highest BCUT2D eigenvalue weighted by molar-refractivity contribution is 6.05. The fourth-order valence-electron chi connectivity index (χ4n) is 4.61. The first-order valence-electron chi connectivity index (χ1n) is 11.9. The van der Waals surface area contributed by atoms with Gasteiger partial charge in [0.25, 0.3) is 11.8 Å². The lowest BCUT2D eigenvalue weighted by Gasteiger charge is -2.27. The van der Waals surface area contributed by atoms with E-state index in [-0.39, 0.29) is 24.2 Å². The monoisotopic (exact) mass is 491 g/mol. The average Bonchev–Trinajstić information content (AvgIpc) is 2.86. The molecule has 3 aromatic carbocycles. The second-order valence-electron chi connectivity index (χ2n) is 8.99. The van der Waals surface area contributed by atoms with Crippen molar-refractivity contribution in [2.24, 2.45) is 0 Å². The van der Waals surface area contributed by atoms with Gasteiger partial charge in [0, 0.05) is 17.8 Å². The number of halogens is 1. The zero-order chi connectivity index (χ0) is 23.5. The van der Waals surface area contributed by atoms with Crippen LogP contribution < -0.4 is 15.4 Å². The SMILES string of the molecule is C[C@@H]1Oc2ccc(NC(=O)c3ccc(-c4ccccc4)c(CN4CCCCC4)c3)cc2NC1=O.Cl. The molecule has 0 unspecified atom stereocenters. The molecule has 5 rings (SSSR count). The number of rotatable bonds is 5. The first-order chi connectivity index (χ1) is 16.6. The van der Waals surface area contributed by atoms with Crippen LogP contribution in [-0.2, 0) is 11.3 Å². The van der Waals surface area contributed by atoms with E-state index in [4.69, 9.17) is 4.74 Å². The molecule has 0 aliphatic carbocycles. The van der Waals surface area contributed by atoms with Crippen LogP contribution >= 0.6 is 12.4 Å². The summed E-state index contributed by atoms with van der Waals surface area (Å²) in [4.78, 5) is 27.6. The van der Waals surface area contributed by atoms with Crippen molar-refractivity contribution in [2.75, 3.05) is 23.7 Å². The van der Waals surface area contributed by atoms with Gasteiger partial charge >= 0.3 is 0 Å². The molecule has 0 radical (unpaired) electrons. The van der Waals surface area contributed by atoms with Gasteiger partial charge in [0.15, 0.2) is 6.10 Å². The van der Waals surface area contributed by atoms with Crippen molar-refractivity contribution in [2.45, 2.75) is 38.8 Å². The van der Waals surface area contributed by atoms with Crippen LogP contribution in [0.2, 0.25) is 0 Å². The van der Waals surface area contributed by atoms with Crippen LogP contribution in [-0.4, -0.2) is 35.9 Å². The number of benzene rings is 3. The van der Waals surface area contributed by atoms with E-state index in [0.29, 0.717) is 22.7 Å². The summed E-state index contributed by atoms with van der Waals surface area (Å²) in [5.74, 6) is 0.215. The molecule has 7 heteroatoms. The fraction of sp³-hybridized carbons (Fsp3) is 0.286. The molecule has 2 amide bonds. The molecular formula is C28H30ClN3O3. The minimum absolute atomic E-state index is 0. The Kier molecular flexibility index (Phi) is 7.73. The summed E-state index contributed by atoms with van der Waals surface area (Å²) in [7, 11) is 0. The van der Waals surface area contributed by atoms with Crippen molar-refractivity contribution in [3.63, 3.8) is 0 Å². The van der Waals surface area contributed by atoms with Crippen molar-refractivity contribution in [1.82, 2.24) is 4.90 Å². The van der Waals surface area contributed by atoms with Gasteiger partial charge in [0.1, 0.15) is 5.75 Å². The Morgan fingerprint density at radius 1 is 1.03 bits per heavy atom. The lowest BCUT2D eigenvalue weighted by Crippen LogP contribution is -2.34. The molecule has 0 bridgehead atoms. The largest absolute Gasteiger partial charge is 0.479 e. The number of nitrogens with one attached hydrogen (secondary N) is 2. The summed E-state index contributed by atoms with van der Waals surface area (Å²) in [6, 6.07) is 21.5. The normalized spacial score (nSPS) is 17.4. The Morgan fingerprint density at radius 3 is 2.57 bits per heavy atom. The lowest BCUT2D eigenvalue weighted by molar-refractivity contribution is -0.122. The van der Waals surface area contributed by atoms with E-state index in [2.05, 4.69) is 27.7 Å². The molecule has 2 heterocycles. The highest BCUT2D eigenvalue weighted by Gasteiger charge is 2.24. The molecule has 1 saturated heterocycles.